The predicted molar refractivity (Wildman–Crippen MR) is 94.0 cm³/mol. The quantitative estimate of drug-likeness (QED) is 0.866. The fourth-order valence-electron chi connectivity index (χ4n) is 4.27. The summed E-state index contributed by atoms with van der Waals surface area (Å²) in [4.78, 5) is 12.4. The second-order valence-corrected chi connectivity index (χ2v) is 6.79. The first kappa shape index (κ1) is 18.1. The van der Waals surface area contributed by atoms with Crippen LogP contribution in [-0.2, 0) is 11.2 Å². The Morgan fingerprint density at radius 2 is 2.09 bits per heavy atom. The minimum Gasteiger partial charge on any atom is -0.496 e. The van der Waals surface area contributed by atoms with Gasteiger partial charge in [0, 0.05) is 12.6 Å². The molecule has 0 aliphatic heterocycles. The van der Waals surface area contributed by atoms with Crippen LogP contribution in [0.25, 0.3) is 0 Å². The molecule has 4 unspecified atom stereocenters. The molecule has 0 saturated heterocycles. The van der Waals surface area contributed by atoms with Gasteiger partial charge in [0.25, 0.3) is 0 Å². The third kappa shape index (κ3) is 3.64. The van der Waals surface area contributed by atoms with Gasteiger partial charge in [-0.1, -0.05) is 17.7 Å². The molecule has 0 radical (unpaired) electrons. The van der Waals surface area contributed by atoms with Gasteiger partial charge < -0.3 is 15.8 Å². The van der Waals surface area contributed by atoms with Crippen molar-refractivity contribution in [3.05, 3.63) is 29.3 Å². The maximum absolute atomic E-state index is 12.4. The van der Waals surface area contributed by atoms with Crippen LogP contribution in [0.3, 0.4) is 0 Å². The smallest absolute Gasteiger partial charge is 0.224 e. The molecule has 1 aromatic rings. The van der Waals surface area contributed by atoms with E-state index in [-0.39, 0.29) is 30.3 Å². The average Bonchev–Trinajstić information content (AvgIpc) is 3.08. The molecule has 0 spiro atoms. The van der Waals surface area contributed by atoms with Gasteiger partial charge in [-0.2, -0.15) is 0 Å². The van der Waals surface area contributed by atoms with Crippen LogP contribution in [-0.4, -0.2) is 25.6 Å². The number of fused-ring (bicyclic) bond motifs is 2. The molecular formula is C18H27ClN2O2. The monoisotopic (exact) mass is 338 g/mol. The highest BCUT2D eigenvalue weighted by Crippen LogP contribution is 2.47. The molecule has 128 valence electrons. The summed E-state index contributed by atoms with van der Waals surface area (Å²) in [5.74, 6) is 2.13. The van der Waals surface area contributed by atoms with Crippen LogP contribution in [0.4, 0.5) is 0 Å². The van der Waals surface area contributed by atoms with Crippen molar-refractivity contribution in [1.29, 1.82) is 0 Å². The van der Waals surface area contributed by atoms with E-state index in [4.69, 9.17) is 10.5 Å². The highest BCUT2D eigenvalue weighted by Gasteiger charge is 2.48. The Bertz CT molecular complexity index is 562. The highest BCUT2D eigenvalue weighted by molar-refractivity contribution is 5.85. The lowest BCUT2D eigenvalue weighted by atomic mass is 9.84. The van der Waals surface area contributed by atoms with Crippen LogP contribution in [0.2, 0.25) is 0 Å². The molecule has 3 N–H and O–H groups in total. The van der Waals surface area contributed by atoms with E-state index in [1.807, 2.05) is 12.1 Å². The molecule has 1 aromatic carbocycles. The zero-order valence-electron chi connectivity index (χ0n) is 13.9. The third-order valence-electron chi connectivity index (χ3n) is 5.41. The fourth-order valence-corrected chi connectivity index (χ4v) is 4.27. The van der Waals surface area contributed by atoms with Gasteiger partial charge in [0.2, 0.25) is 5.91 Å². The topological polar surface area (TPSA) is 64.3 Å². The van der Waals surface area contributed by atoms with Gasteiger partial charge in [-0.05, 0) is 56.1 Å². The maximum atomic E-state index is 12.4. The number of hydrogen-bond donors (Lipinski definition) is 2. The van der Waals surface area contributed by atoms with E-state index in [9.17, 15) is 4.79 Å². The van der Waals surface area contributed by atoms with E-state index in [2.05, 4.69) is 18.3 Å². The molecule has 23 heavy (non-hydrogen) atoms. The second-order valence-electron chi connectivity index (χ2n) is 6.79. The first-order chi connectivity index (χ1) is 10.6. The van der Waals surface area contributed by atoms with Crippen molar-refractivity contribution in [2.24, 2.45) is 23.5 Å². The largest absolute Gasteiger partial charge is 0.496 e. The summed E-state index contributed by atoms with van der Waals surface area (Å²) in [6, 6.07) is 6.20. The van der Waals surface area contributed by atoms with Crippen molar-refractivity contribution in [3.63, 3.8) is 0 Å². The zero-order valence-corrected chi connectivity index (χ0v) is 14.7. The summed E-state index contributed by atoms with van der Waals surface area (Å²) in [6.45, 7) is 2.70. The number of methoxy groups -OCH3 is 1. The number of ether oxygens (including phenoxy) is 1. The van der Waals surface area contributed by atoms with Gasteiger partial charge in [-0.25, -0.2) is 0 Å². The molecule has 2 bridgehead atoms. The number of hydrogen-bond acceptors (Lipinski definition) is 3. The fraction of sp³-hybridized carbons (Fsp3) is 0.611. The van der Waals surface area contributed by atoms with E-state index < -0.39 is 0 Å². The lowest BCUT2D eigenvalue weighted by Gasteiger charge is -2.27. The van der Waals surface area contributed by atoms with Crippen molar-refractivity contribution >= 4 is 18.3 Å². The Morgan fingerprint density at radius 3 is 2.74 bits per heavy atom. The van der Waals surface area contributed by atoms with Crippen molar-refractivity contribution in [1.82, 2.24) is 5.32 Å². The van der Waals surface area contributed by atoms with Gasteiger partial charge in [-0.15, -0.1) is 12.4 Å². The normalized spacial score (nSPS) is 28.3. The van der Waals surface area contributed by atoms with Crippen LogP contribution in [0.15, 0.2) is 18.2 Å². The van der Waals surface area contributed by atoms with Crippen molar-refractivity contribution in [2.75, 3.05) is 13.7 Å². The Balaban J connectivity index is 0.00000192. The summed E-state index contributed by atoms with van der Waals surface area (Å²) in [5.41, 5.74) is 8.58. The molecule has 2 fully saturated rings. The van der Waals surface area contributed by atoms with E-state index >= 15 is 0 Å². The highest BCUT2D eigenvalue weighted by atomic mass is 35.5. The molecule has 2 aliphatic rings. The lowest BCUT2D eigenvalue weighted by molar-refractivity contribution is -0.127. The predicted octanol–water partition coefficient (Wildman–Crippen LogP) is 2.46. The van der Waals surface area contributed by atoms with E-state index in [1.165, 1.54) is 18.4 Å². The molecule has 0 aromatic heterocycles. The Hall–Kier alpha value is -1.26. The standard InChI is InChI=1S/C18H26N2O2.ClH/c1-11-3-6-15(22-2)12(9-11)7-8-20-18(21)16-13-4-5-14(10-13)17(16)19;/h3,6,9,13-14,16-17H,4-5,7-8,10,19H2,1-2H3,(H,20,21);1H. The molecule has 2 saturated carbocycles. The van der Waals surface area contributed by atoms with Crippen molar-refractivity contribution in [2.45, 2.75) is 38.6 Å². The van der Waals surface area contributed by atoms with E-state index in [1.54, 1.807) is 7.11 Å². The number of carbonyl (C=O) groups is 1. The Morgan fingerprint density at radius 1 is 1.35 bits per heavy atom. The Kier molecular flexibility index (Phi) is 5.93. The number of nitrogens with one attached hydrogen (secondary N) is 1. The number of halogens is 1. The second kappa shape index (κ2) is 7.54. The molecule has 1 amide bonds. The van der Waals surface area contributed by atoms with Gasteiger partial charge in [0.05, 0.1) is 13.0 Å². The minimum absolute atomic E-state index is 0. The summed E-state index contributed by atoms with van der Waals surface area (Å²) in [5, 5.41) is 3.08. The Labute approximate surface area is 144 Å². The van der Waals surface area contributed by atoms with E-state index in [0.29, 0.717) is 18.4 Å². The molecule has 4 nitrogen and oxygen atoms in total. The number of rotatable bonds is 5. The van der Waals surface area contributed by atoms with E-state index in [0.717, 1.165) is 24.2 Å². The number of nitrogens with two attached hydrogens (primary N) is 1. The van der Waals surface area contributed by atoms with Gasteiger partial charge in [-0.3, -0.25) is 4.79 Å². The molecule has 2 aliphatic carbocycles. The van der Waals surface area contributed by atoms with Crippen LogP contribution in [0.5, 0.6) is 5.75 Å². The van der Waals surface area contributed by atoms with Gasteiger partial charge >= 0.3 is 0 Å². The molecule has 0 heterocycles. The first-order valence-corrected chi connectivity index (χ1v) is 8.27. The molecule has 4 atom stereocenters. The molecular weight excluding hydrogens is 312 g/mol. The molecule has 5 heteroatoms. The van der Waals surface area contributed by atoms with Crippen LogP contribution >= 0.6 is 12.4 Å². The number of aryl methyl sites for hydroxylation is 1. The lowest BCUT2D eigenvalue weighted by Crippen LogP contribution is -2.45. The SMILES string of the molecule is COc1ccc(C)cc1CCNC(=O)C1C2CCC(C2)C1N.Cl. The summed E-state index contributed by atoms with van der Waals surface area (Å²) >= 11 is 0. The summed E-state index contributed by atoms with van der Waals surface area (Å²) < 4.78 is 5.38. The van der Waals surface area contributed by atoms with Crippen LogP contribution in [0.1, 0.15) is 30.4 Å². The maximum Gasteiger partial charge on any atom is 0.224 e. The summed E-state index contributed by atoms with van der Waals surface area (Å²) in [7, 11) is 1.68. The van der Waals surface area contributed by atoms with Crippen LogP contribution < -0.4 is 15.8 Å². The van der Waals surface area contributed by atoms with Gasteiger partial charge in [0.15, 0.2) is 0 Å². The van der Waals surface area contributed by atoms with Crippen LogP contribution in [0, 0.1) is 24.7 Å². The number of carbonyl (C=O) groups excluding carboxylic acids is 1. The zero-order chi connectivity index (χ0) is 15.7. The third-order valence-corrected chi connectivity index (χ3v) is 5.41. The number of amides is 1. The number of benzene rings is 1. The summed E-state index contributed by atoms with van der Waals surface area (Å²) in [6.07, 6.45) is 4.30. The van der Waals surface area contributed by atoms with Crippen molar-refractivity contribution < 1.29 is 9.53 Å². The van der Waals surface area contributed by atoms with Gasteiger partial charge in [0.1, 0.15) is 5.75 Å². The minimum atomic E-state index is 0. The molecule has 3 rings (SSSR count). The average molecular weight is 339 g/mol. The van der Waals surface area contributed by atoms with Crippen molar-refractivity contribution in [3.8, 4) is 5.75 Å². The first-order valence-electron chi connectivity index (χ1n) is 8.27.